The van der Waals surface area contributed by atoms with Crippen molar-refractivity contribution in [2.45, 2.75) is 11.3 Å². The van der Waals surface area contributed by atoms with Crippen molar-refractivity contribution >= 4 is 11.6 Å². The molecule has 66 valence electrons. The highest BCUT2D eigenvalue weighted by molar-refractivity contribution is 6.25. The number of hydrogen-bond donors (Lipinski definition) is 0. The van der Waals surface area contributed by atoms with Gasteiger partial charge >= 0.3 is 0 Å². The predicted molar refractivity (Wildman–Crippen MR) is 54.7 cm³/mol. The Labute approximate surface area is 82.8 Å². The van der Waals surface area contributed by atoms with Gasteiger partial charge in [0.05, 0.1) is 5.69 Å². The van der Waals surface area contributed by atoms with Crippen molar-refractivity contribution in [2.24, 2.45) is 0 Å². The Morgan fingerprint density at radius 1 is 1.31 bits per heavy atom. The van der Waals surface area contributed by atoms with Gasteiger partial charge < -0.3 is 0 Å². The predicted octanol–water partition coefficient (Wildman–Crippen LogP) is 3.03. The molecule has 1 aromatic heterocycles. The fraction of sp³-hybridized carbons (Fsp3) is 0.182. The Kier molecular flexibility index (Phi) is 2.19. The van der Waals surface area contributed by atoms with Gasteiger partial charge in [0.25, 0.3) is 0 Å². The molecule has 0 saturated heterocycles. The smallest absolute Gasteiger partial charge is 0.108 e. The largest absolute Gasteiger partial charge is 0.259 e. The van der Waals surface area contributed by atoms with Crippen LogP contribution in [0.1, 0.15) is 12.1 Å². The molecule has 0 radical (unpaired) electrons. The maximum atomic E-state index is 6.40. The van der Waals surface area contributed by atoms with E-state index in [1.807, 2.05) is 36.4 Å². The second-order valence-electron chi connectivity index (χ2n) is 3.07. The number of alkyl halides is 1. The van der Waals surface area contributed by atoms with Crippen LogP contribution in [0.3, 0.4) is 0 Å². The highest BCUT2D eigenvalue weighted by Gasteiger charge is 2.27. The van der Waals surface area contributed by atoms with E-state index in [0.717, 1.165) is 12.1 Å². The van der Waals surface area contributed by atoms with Crippen molar-refractivity contribution in [3.8, 4) is 0 Å². The molecule has 0 aliphatic heterocycles. The van der Waals surface area contributed by atoms with Crippen LogP contribution in [0.4, 0.5) is 0 Å². The van der Waals surface area contributed by atoms with Crippen molar-refractivity contribution < 1.29 is 0 Å². The molecule has 1 aromatic rings. The molecule has 0 aromatic carbocycles. The lowest BCUT2D eigenvalue weighted by Crippen LogP contribution is -2.17. The van der Waals surface area contributed by atoms with Crippen LogP contribution in [-0.2, 0) is 4.87 Å². The fourth-order valence-corrected chi connectivity index (χ4v) is 1.67. The van der Waals surface area contributed by atoms with E-state index in [9.17, 15) is 0 Å². The topological polar surface area (TPSA) is 12.9 Å². The van der Waals surface area contributed by atoms with Crippen molar-refractivity contribution in [3.05, 3.63) is 54.4 Å². The van der Waals surface area contributed by atoms with E-state index >= 15 is 0 Å². The summed E-state index contributed by atoms with van der Waals surface area (Å²) in [5, 5.41) is 0. The maximum absolute atomic E-state index is 6.40. The minimum absolute atomic E-state index is 0.435. The van der Waals surface area contributed by atoms with Crippen LogP contribution in [-0.4, -0.2) is 4.98 Å². The lowest BCUT2D eigenvalue weighted by Gasteiger charge is -2.22. The van der Waals surface area contributed by atoms with Crippen LogP contribution >= 0.6 is 11.6 Å². The van der Waals surface area contributed by atoms with Gasteiger partial charge in [-0.3, -0.25) is 4.98 Å². The van der Waals surface area contributed by atoms with Crippen LogP contribution in [0.5, 0.6) is 0 Å². The van der Waals surface area contributed by atoms with Crippen LogP contribution in [0.25, 0.3) is 0 Å². The third-order valence-corrected chi connectivity index (χ3v) is 2.59. The Hall–Kier alpha value is -1.08. The molecule has 13 heavy (non-hydrogen) atoms. The molecular weight excluding hydrogens is 182 g/mol. The van der Waals surface area contributed by atoms with Gasteiger partial charge in [0.1, 0.15) is 4.87 Å². The molecule has 1 atom stereocenters. The third kappa shape index (κ3) is 1.65. The van der Waals surface area contributed by atoms with E-state index in [1.54, 1.807) is 6.20 Å². The van der Waals surface area contributed by atoms with Crippen molar-refractivity contribution in [2.75, 3.05) is 0 Å². The molecule has 1 nitrogen and oxygen atoms in total. The maximum Gasteiger partial charge on any atom is 0.108 e. The minimum atomic E-state index is -0.435. The van der Waals surface area contributed by atoms with Gasteiger partial charge in [-0.1, -0.05) is 30.4 Å². The monoisotopic (exact) mass is 191 g/mol. The zero-order chi connectivity index (χ0) is 9.15. The van der Waals surface area contributed by atoms with E-state index in [1.165, 1.54) is 0 Å². The summed E-state index contributed by atoms with van der Waals surface area (Å²) in [6.45, 7) is 0. The molecule has 0 fully saturated rings. The standard InChI is InChI=1S/C11H10ClN/c12-11(7-3-1-4-8-11)10-6-2-5-9-13-10/h1-7,9H,8H2. The summed E-state index contributed by atoms with van der Waals surface area (Å²) in [7, 11) is 0. The van der Waals surface area contributed by atoms with E-state index in [-0.39, 0.29) is 0 Å². The molecule has 0 bridgehead atoms. The minimum Gasteiger partial charge on any atom is -0.259 e. The first-order chi connectivity index (χ1) is 6.31. The van der Waals surface area contributed by atoms with Crippen molar-refractivity contribution in [3.63, 3.8) is 0 Å². The second kappa shape index (κ2) is 3.35. The van der Waals surface area contributed by atoms with E-state index in [4.69, 9.17) is 11.6 Å². The van der Waals surface area contributed by atoms with E-state index in [2.05, 4.69) is 11.1 Å². The lowest BCUT2D eigenvalue weighted by molar-refractivity contribution is 0.732. The summed E-state index contributed by atoms with van der Waals surface area (Å²) in [6, 6.07) is 5.81. The number of allylic oxidation sites excluding steroid dienone is 4. The summed E-state index contributed by atoms with van der Waals surface area (Å²) in [4.78, 5) is 3.82. The highest BCUT2D eigenvalue weighted by atomic mass is 35.5. The number of halogens is 1. The first-order valence-electron chi connectivity index (χ1n) is 4.26. The lowest BCUT2D eigenvalue weighted by atomic mass is 9.96. The van der Waals surface area contributed by atoms with Gasteiger partial charge in [-0.2, -0.15) is 0 Å². The Bertz CT molecular complexity index is 342. The SMILES string of the molecule is ClC1(c2ccccn2)C=CC=CC1. The summed E-state index contributed by atoms with van der Waals surface area (Å²) in [6.07, 6.45) is 10.6. The molecule has 1 aliphatic carbocycles. The molecule has 0 spiro atoms. The number of nitrogens with zero attached hydrogens (tertiary/aromatic N) is 1. The first kappa shape index (κ1) is 8.52. The normalized spacial score (nSPS) is 26.2. The molecule has 1 unspecified atom stereocenters. The first-order valence-corrected chi connectivity index (χ1v) is 4.64. The van der Waals surface area contributed by atoms with Gasteiger partial charge in [0.2, 0.25) is 0 Å². The molecule has 0 N–H and O–H groups in total. The Balaban J connectivity index is 2.35. The number of pyridine rings is 1. The summed E-state index contributed by atoms with van der Waals surface area (Å²) >= 11 is 6.40. The highest BCUT2D eigenvalue weighted by Crippen LogP contribution is 2.35. The third-order valence-electron chi connectivity index (χ3n) is 2.11. The van der Waals surface area contributed by atoms with E-state index < -0.39 is 4.87 Å². The van der Waals surface area contributed by atoms with Crippen molar-refractivity contribution in [1.29, 1.82) is 0 Å². The van der Waals surface area contributed by atoms with Gasteiger partial charge in [0.15, 0.2) is 0 Å². The quantitative estimate of drug-likeness (QED) is 0.622. The Morgan fingerprint density at radius 3 is 2.85 bits per heavy atom. The zero-order valence-corrected chi connectivity index (χ0v) is 7.91. The van der Waals surface area contributed by atoms with Crippen LogP contribution in [0.2, 0.25) is 0 Å². The molecule has 1 aliphatic rings. The average molecular weight is 192 g/mol. The van der Waals surface area contributed by atoms with Crippen LogP contribution < -0.4 is 0 Å². The molecule has 2 rings (SSSR count). The van der Waals surface area contributed by atoms with Gasteiger partial charge in [-0.25, -0.2) is 0 Å². The fourth-order valence-electron chi connectivity index (χ4n) is 1.39. The molecule has 0 amide bonds. The van der Waals surface area contributed by atoms with Gasteiger partial charge in [0, 0.05) is 6.20 Å². The number of aromatic nitrogens is 1. The average Bonchev–Trinajstić information content (AvgIpc) is 2.20. The molecule has 0 saturated carbocycles. The summed E-state index contributed by atoms with van der Waals surface area (Å²) in [5.41, 5.74) is 0.914. The Morgan fingerprint density at radius 2 is 2.23 bits per heavy atom. The van der Waals surface area contributed by atoms with E-state index in [0.29, 0.717) is 0 Å². The number of rotatable bonds is 1. The zero-order valence-electron chi connectivity index (χ0n) is 7.15. The van der Waals surface area contributed by atoms with Gasteiger partial charge in [-0.05, 0) is 18.6 Å². The van der Waals surface area contributed by atoms with Crippen LogP contribution in [0.15, 0.2) is 48.7 Å². The summed E-state index contributed by atoms with van der Waals surface area (Å²) < 4.78 is 0. The summed E-state index contributed by atoms with van der Waals surface area (Å²) in [5.74, 6) is 0. The van der Waals surface area contributed by atoms with Crippen molar-refractivity contribution in [1.82, 2.24) is 4.98 Å². The molecule has 1 heterocycles. The van der Waals surface area contributed by atoms with Gasteiger partial charge in [-0.15, -0.1) is 11.6 Å². The molecular formula is C11H10ClN. The van der Waals surface area contributed by atoms with Crippen LogP contribution in [0, 0.1) is 0 Å². The second-order valence-corrected chi connectivity index (χ2v) is 3.74. The number of hydrogen-bond acceptors (Lipinski definition) is 1. The molecule has 2 heteroatoms.